The standard InChI is InChI=1S/C27H41FN4O4/c1-27(2,3)32(26(34)35)14-10-20(11-15-32)19-31(25(33)29-21-6-4-5-7-21)22-8-9-24(23(28)18-22)30-12-16-36-17-13-30/h8-9,18,20-21H,4-7,10-17,19H2,1-3H3,(H-,29,33,34,35)/p+1/i10D2,11D2,14D2,15D2,18D,19D2,20D. The molecule has 8 nitrogen and oxygen atoms in total. The monoisotopic (exact) mass is 517 g/mol. The summed E-state index contributed by atoms with van der Waals surface area (Å²) in [6.45, 7) is -8.23. The topological polar surface area (TPSA) is 82.1 Å². The molecule has 1 saturated carbocycles. The number of likely N-dealkylation sites (tertiary alicyclic amines) is 1. The van der Waals surface area contributed by atoms with Crippen molar-refractivity contribution in [3.8, 4) is 0 Å². The van der Waals surface area contributed by atoms with Crippen molar-refractivity contribution in [1.82, 2.24) is 5.32 Å². The SMILES string of the molecule is [2H]c1c(N(C(=O)NC2CCCC2)C([2H])([2H])C2([2H])C([2H])([2H])C([2H])([2H])[N+](C(=O)O)(C(C)(C)C)C([2H])([2H])C2([2H])[2H])ccc(N2CCOCC2)c1F. The molecule has 1 aromatic carbocycles. The highest BCUT2D eigenvalue weighted by atomic mass is 19.1. The summed E-state index contributed by atoms with van der Waals surface area (Å²) in [7, 11) is 0. The number of nitrogens with one attached hydrogen (secondary N) is 1. The summed E-state index contributed by atoms with van der Waals surface area (Å²) >= 11 is 0. The number of urea groups is 1. The fraction of sp³-hybridized carbons (Fsp3) is 0.704. The van der Waals surface area contributed by atoms with Crippen LogP contribution in [-0.2, 0) is 4.74 Å². The number of piperidine rings is 1. The molecule has 3 fully saturated rings. The van der Waals surface area contributed by atoms with E-state index in [1.165, 1.54) is 0 Å². The molecule has 36 heavy (non-hydrogen) atoms. The molecular formula is C27H42FN4O4+. The molecule has 4 rings (SSSR count). The van der Waals surface area contributed by atoms with Gasteiger partial charge in [0.1, 0.15) is 11.4 Å². The van der Waals surface area contributed by atoms with Crippen LogP contribution in [0.4, 0.5) is 25.4 Å². The van der Waals surface area contributed by atoms with Gasteiger partial charge < -0.3 is 20.1 Å². The Balaban J connectivity index is 2.03. The third kappa shape index (κ3) is 5.62. The minimum Gasteiger partial charge on any atom is -0.435 e. The molecule has 1 aromatic rings. The van der Waals surface area contributed by atoms with Gasteiger partial charge in [-0.05, 0) is 57.7 Å². The molecule has 200 valence electrons. The number of hydrogen-bond acceptors (Lipinski definition) is 4. The lowest BCUT2D eigenvalue weighted by Crippen LogP contribution is -2.66. The molecule has 0 bridgehead atoms. The van der Waals surface area contributed by atoms with Crippen LogP contribution in [-0.4, -0.2) is 79.1 Å². The number of morpholine rings is 1. The van der Waals surface area contributed by atoms with Crippen molar-refractivity contribution in [1.29, 1.82) is 0 Å². The van der Waals surface area contributed by atoms with Gasteiger partial charge in [0.15, 0.2) is 0 Å². The molecule has 2 saturated heterocycles. The maximum Gasteiger partial charge on any atom is 0.513 e. The predicted molar refractivity (Wildman–Crippen MR) is 138 cm³/mol. The van der Waals surface area contributed by atoms with Crippen LogP contribution in [0.5, 0.6) is 0 Å². The van der Waals surface area contributed by atoms with Crippen LogP contribution in [0.1, 0.15) is 75.6 Å². The second kappa shape index (κ2) is 10.9. The van der Waals surface area contributed by atoms with Gasteiger partial charge in [0.05, 0.1) is 41.5 Å². The van der Waals surface area contributed by atoms with Gasteiger partial charge >= 0.3 is 12.1 Å². The summed E-state index contributed by atoms with van der Waals surface area (Å²) in [5, 5.41) is 12.9. The molecule has 9 heteroatoms. The fourth-order valence-corrected chi connectivity index (χ4v) is 4.38. The van der Waals surface area contributed by atoms with E-state index in [2.05, 4.69) is 5.32 Å². The van der Waals surface area contributed by atoms with Gasteiger partial charge in [0.2, 0.25) is 0 Å². The Morgan fingerprint density at radius 2 is 1.94 bits per heavy atom. The van der Waals surface area contributed by atoms with E-state index in [1.807, 2.05) is 0 Å². The maximum absolute atomic E-state index is 15.9. The smallest absolute Gasteiger partial charge is 0.435 e. The van der Waals surface area contributed by atoms with E-state index in [0.29, 0.717) is 25.7 Å². The number of quaternary nitrogens is 1. The number of carboxylic acid groups (broad SMARTS) is 1. The first-order chi connectivity index (χ1) is 21.7. The van der Waals surface area contributed by atoms with E-state index < -0.39 is 83.9 Å². The van der Waals surface area contributed by atoms with Crippen molar-refractivity contribution in [3.05, 3.63) is 24.0 Å². The third-order valence-corrected chi connectivity index (χ3v) is 6.55. The van der Waals surface area contributed by atoms with Gasteiger partial charge in [-0.25, -0.2) is 13.7 Å². The summed E-state index contributed by atoms with van der Waals surface area (Å²) in [5.41, 5.74) is -3.11. The van der Waals surface area contributed by atoms with E-state index in [4.69, 9.17) is 17.1 Å². The van der Waals surface area contributed by atoms with Crippen LogP contribution in [0.15, 0.2) is 18.2 Å². The van der Waals surface area contributed by atoms with Crippen molar-refractivity contribution in [2.24, 2.45) is 5.89 Å². The van der Waals surface area contributed by atoms with Gasteiger partial charge in [0, 0.05) is 50.9 Å². The molecule has 2 N–H and O–H groups in total. The number of nitrogens with zero attached hydrogens (tertiary/aromatic N) is 3. The van der Waals surface area contributed by atoms with Gasteiger partial charge in [-0.1, -0.05) is 12.8 Å². The number of hydrogen-bond donors (Lipinski definition) is 2. The fourth-order valence-electron chi connectivity index (χ4n) is 4.38. The number of halogens is 1. The highest BCUT2D eigenvalue weighted by molar-refractivity contribution is 5.92. The average molecular weight is 518 g/mol. The van der Waals surface area contributed by atoms with Crippen LogP contribution in [0, 0.1) is 11.7 Å². The number of rotatable bonds is 5. The van der Waals surface area contributed by atoms with Crippen molar-refractivity contribution < 1.29 is 44.8 Å². The Morgan fingerprint density at radius 3 is 2.53 bits per heavy atom. The highest BCUT2D eigenvalue weighted by Gasteiger charge is 2.50. The van der Waals surface area contributed by atoms with E-state index in [0.717, 1.165) is 32.9 Å². The summed E-state index contributed by atoms with van der Waals surface area (Å²) in [6.07, 6.45) is -8.58. The molecule has 3 amide bonds. The van der Waals surface area contributed by atoms with Crippen molar-refractivity contribution in [2.45, 2.75) is 70.8 Å². The van der Waals surface area contributed by atoms with Crippen molar-refractivity contribution in [3.63, 3.8) is 0 Å². The maximum atomic E-state index is 15.9. The van der Waals surface area contributed by atoms with Crippen LogP contribution in [0.2, 0.25) is 0 Å². The summed E-state index contributed by atoms with van der Waals surface area (Å²) in [6, 6.07) is -0.986. The first-order valence-corrected chi connectivity index (χ1v) is 12.1. The Bertz CT molecular complexity index is 1420. The molecule has 1 aliphatic carbocycles. The number of amides is 3. The minimum atomic E-state index is -4.32. The van der Waals surface area contributed by atoms with Gasteiger partial charge in [0.25, 0.3) is 0 Å². The molecule has 0 aromatic heterocycles. The molecule has 2 heterocycles. The lowest BCUT2D eigenvalue weighted by Gasteiger charge is -2.47. The van der Waals surface area contributed by atoms with Crippen LogP contribution < -0.4 is 15.1 Å². The summed E-state index contributed by atoms with van der Waals surface area (Å²) < 4.78 is 127. The van der Waals surface area contributed by atoms with Crippen LogP contribution in [0.25, 0.3) is 0 Å². The number of ether oxygens (including phenoxy) is 1. The Morgan fingerprint density at radius 1 is 1.31 bits per heavy atom. The zero-order chi connectivity index (χ0) is 36.7. The third-order valence-electron chi connectivity index (χ3n) is 6.55. The van der Waals surface area contributed by atoms with E-state index in [9.17, 15) is 18.8 Å². The van der Waals surface area contributed by atoms with E-state index in [1.54, 1.807) is 4.90 Å². The van der Waals surface area contributed by atoms with Crippen molar-refractivity contribution in [2.75, 3.05) is 55.6 Å². The largest absolute Gasteiger partial charge is 0.513 e. The quantitative estimate of drug-likeness (QED) is 0.547. The second-order valence-corrected chi connectivity index (χ2v) is 9.99. The molecular weight excluding hydrogens is 463 g/mol. The number of benzene rings is 1. The van der Waals surface area contributed by atoms with E-state index in [-0.39, 0.29) is 36.9 Å². The highest BCUT2D eigenvalue weighted by Crippen LogP contribution is 2.35. The Kier molecular flexibility index (Phi) is 4.59. The molecule has 0 radical (unpaired) electrons. The first kappa shape index (κ1) is 15.1. The van der Waals surface area contributed by atoms with Gasteiger partial charge in [-0.15, -0.1) is 0 Å². The van der Waals surface area contributed by atoms with Gasteiger partial charge in [-0.3, -0.25) is 4.90 Å². The molecule has 0 unspecified atom stereocenters. The summed E-state index contributed by atoms with van der Waals surface area (Å²) in [5.74, 6) is -5.54. The lowest BCUT2D eigenvalue weighted by molar-refractivity contribution is -0.908. The molecule has 2 aliphatic heterocycles. The first-order valence-electron chi connectivity index (χ1n) is 18.1. The van der Waals surface area contributed by atoms with Crippen molar-refractivity contribution >= 4 is 23.5 Å². The normalized spacial score (nSPS) is 38.5. The Labute approximate surface area is 230 Å². The zero-order valence-electron chi connectivity index (χ0n) is 32.8. The van der Waals surface area contributed by atoms with Crippen LogP contribution in [0.3, 0.4) is 0 Å². The number of carbonyl (C=O) groups excluding carboxylic acids is 1. The van der Waals surface area contributed by atoms with Gasteiger partial charge in [-0.2, -0.15) is 4.79 Å². The molecule has 3 aliphatic rings. The number of carbonyl (C=O) groups is 2. The zero-order valence-corrected chi connectivity index (χ0v) is 20.8. The lowest BCUT2D eigenvalue weighted by atomic mass is 9.89. The minimum absolute atomic E-state index is 0.0213. The second-order valence-electron chi connectivity index (χ2n) is 9.99. The Hall–Kier alpha value is -2.39. The molecule has 0 atom stereocenters. The van der Waals surface area contributed by atoms with E-state index >= 15 is 4.39 Å². The summed E-state index contributed by atoms with van der Waals surface area (Å²) in [4.78, 5) is 28.5. The predicted octanol–water partition coefficient (Wildman–Crippen LogP) is 4.82. The molecule has 0 spiro atoms. The average Bonchev–Trinajstić information content (AvgIpc) is 3.46. The van der Waals surface area contributed by atoms with Crippen LogP contribution >= 0.6 is 0 Å². The number of anilines is 2.